The second-order valence-electron chi connectivity index (χ2n) is 18.5. The van der Waals surface area contributed by atoms with Crippen LogP contribution in [0.25, 0.3) is 0 Å². The van der Waals surface area contributed by atoms with E-state index >= 15 is 0 Å². The maximum absolute atomic E-state index is 12.3. The van der Waals surface area contributed by atoms with Gasteiger partial charge in [-0.15, -0.1) is 22.7 Å². The van der Waals surface area contributed by atoms with E-state index < -0.39 is 21.1 Å². The Bertz CT molecular complexity index is 2140. The smallest absolute Gasteiger partial charge is 0.423 e. The maximum Gasteiger partial charge on any atom is 0.490 e. The van der Waals surface area contributed by atoms with E-state index in [0.29, 0.717) is 18.6 Å². The molecule has 0 spiro atoms. The van der Waals surface area contributed by atoms with E-state index in [1.807, 2.05) is 81.4 Å². The van der Waals surface area contributed by atoms with E-state index in [4.69, 9.17) is 28.7 Å². The van der Waals surface area contributed by atoms with E-state index in [-0.39, 0.29) is 34.2 Å². The number of carbonyl (C=O) groups is 2. The van der Waals surface area contributed by atoms with E-state index in [1.165, 1.54) is 52.8 Å². The maximum atomic E-state index is 12.3. The lowest BCUT2D eigenvalue weighted by atomic mass is 9.49. The van der Waals surface area contributed by atoms with Crippen molar-refractivity contribution in [3.05, 3.63) is 94.3 Å². The Kier molecular flexibility index (Phi) is 15.4. The molecule has 2 aliphatic heterocycles. The van der Waals surface area contributed by atoms with E-state index in [1.54, 1.807) is 34.9 Å². The van der Waals surface area contributed by atoms with Gasteiger partial charge in [-0.05, 0) is 177 Å². The van der Waals surface area contributed by atoms with Gasteiger partial charge >= 0.3 is 21.1 Å². The fraction of sp³-hybridized carbons (Fsp3) is 0.545. The van der Waals surface area contributed by atoms with Crippen LogP contribution >= 0.6 is 38.6 Å². The molecule has 8 rings (SSSR count). The molecule has 18 heteroatoms. The number of rotatable bonds is 8. The molecule has 4 aromatic rings. The molecular formula is C44H60B3BrN4O8S2. The van der Waals surface area contributed by atoms with E-state index in [2.05, 4.69) is 42.6 Å². The predicted molar refractivity (Wildman–Crippen MR) is 252 cm³/mol. The van der Waals surface area contributed by atoms with Crippen molar-refractivity contribution in [2.24, 2.45) is 0 Å². The lowest BCUT2D eigenvalue weighted by molar-refractivity contribution is 0.00578. The molecule has 62 heavy (non-hydrogen) atoms. The van der Waals surface area contributed by atoms with Gasteiger partial charge in [-0.2, -0.15) is 0 Å². The van der Waals surface area contributed by atoms with Crippen LogP contribution in [0.2, 0.25) is 0 Å². The van der Waals surface area contributed by atoms with Crippen LogP contribution < -0.4 is 16.1 Å². The summed E-state index contributed by atoms with van der Waals surface area (Å²) < 4.78 is 24.8. The molecule has 4 aromatic heterocycles. The zero-order chi connectivity index (χ0) is 45.2. The van der Waals surface area contributed by atoms with Crippen LogP contribution in [0.4, 0.5) is 0 Å². The molecule has 0 atom stereocenters. The van der Waals surface area contributed by atoms with Crippen LogP contribution in [-0.2, 0) is 57.4 Å². The summed E-state index contributed by atoms with van der Waals surface area (Å²) in [6, 6.07) is 7.76. The molecule has 0 unspecified atom stereocenters. The molecule has 0 bridgehead atoms. The number of nitrogens with zero attached hydrogens (tertiary/aromatic N) is 2. The number of halogens is 1. The number of thiophene rings is 2. The number of hydrogen-bond donors (Lipinski definition) is 4. The summed E-state index contributed by atoms with van der Waals surface area (Å²) in [5.74, 6) is -0.0598. The number of fused-ring (bicyclic) bond motifs is 2. The summed E-state index contributed by atoms with van der Waals surface area (Å²) in [5.41, 5.74) is 5.14. The van der Waals surface area contributed by atoms with Crippen LogP contribution in [0.5, 0.6) is 0 Å². The molecule has 4 aliphatic rings. The number of hydrogen-bond acceptors (Lipinski definition) is 12. The van der Waals surface area contributed by atoms with Gasteiger partial charge in [0.05, 0.1) is 56.6 Å². The number of nitrogens with one attached hydrogen (secondary N) is 2. The monoisotopic (exact) mass is 948 g/mol. The third-order valence-electron chi connectivity index (χ3n) is 12.7. The largest absolute Gasteiger partial charge is 0.490 e. The second kappa shape index (κ2) is 19.7. The van der Waals surface area contributed by atoms with Crippen molar-refractivity contribution in [2.45, 2.75) is 156 Å². The summed E-state index contributed by atoms with van der Waals surface area (Å²) >= 11 is 6.63. The van der Waals surface area contributed by atoms with Crippen LogP contribution in [0.1, 0.15) is 144 Å². The van der Waals surface area contributed by atoms with Crippen LogP contribution in [0.3, 0.4) is 0 Å². The van der Waals surface area contributed by atoms with Gasteiger partial charge in [0.15, 0.2) is 0 Å². The van der Waals surface area contributed by atoms with Crippen molar-refractivity contribution in [1.82, 2.24) is 20.6 Å². The predicted octanol–water partition coefficient (Wildman–Crippen LogP) is 7.21. The summed E-state index contributed by atoms with van der Waals surface area (Å²) in [6.45, 7) is 20.8. The Labute approximate surface area is 384 Å². The Hall–Kier alpha value is -2.93. The first kappa shape index (κ1) is 48.5. The van der Waals surface area contributed by atoms with Gasteiger partial charge in [-0.3, -0.25) is 19.6 Å². The fourth-order valence-corrected chi connectivity index (χ4v) is 10.2. The standard InChI is InChI=1S/C16H19BN2O3S.C16H17BrN2OS.C12H24B2O4/c1-10-6-12(17(21)22)8-18-13(10)9-19-16(20)15-7-11-4-2-3-5-14(11)23-15;1-10-6-12(17)8-18-13(10)9-19-16(20)15-7-11-4-2-3-5-14(11)21-15;1-9(2)10(3,4)16-13(15-9)14-17-11(5,6)12(7,8)18-14/h6-8,21-22H,2-5,9H2,1H3,(H,19,20);6-8H,2-5,9H2,1H3,(H,19,20);1-8H3. The summed E-state index contributed by atoms with van der Waals surface area (Å²) in [7, 11) is -2.48. The number of amides is 2. The zero-order valence-electron chi connectivity index (χ0n) is 37.7. The molecular weight excluding hydrogens is 889 g/mol. The van der Waals surface area contributed by atoms with Gasteiger partial charge in [-0.25, -0.2) is 0 Å². The summed E-state index contributed by atoms with van der Waals surface area (Å²) in [6.07, 6.45) is 12.5. The summed E-state index contributed by atoms with van der Waals surface area (Å²) in [4.78, 5) is 37.5. The third-order valence-corrected chi connectivity index (χ3v) is 15.6. The van der Waals surface area contributed by atoms with Crippen molar-refractivity contribution < 1.29 is 38.3 Å². The highest BCUT2D eigenvalue weighted by Crippen LogP contribution is 2.43. The molecule has 2 amide bonds. The third kappa shape index (κ3) is 11.5. The SMILES string of the molecule is CC1(C)OB(B2OC(C)(C)C(C)(C)O2)OC1(C)C.Cc1cc(B(O)O)cnc1CNC(=O)c1cc2c(s1)CCCC2.Cc1cc(Br)cnc1CNC(=O)c1cc2c(s1)CCCC2. The molecule has 2 aliphatic carbocycles. The van der Waals surface area contributed by atoms with Crippen LogP contribution in [0, 0.1) is 13.8 Å². The van der Waals surface area contributed by atoms with E-state index in [0.717, 1.165) is 62.4 Å². The first-order chi connectivity index (χ1) is 29.1. The minimum atomic E-state index is -1.53. The van der Waals surface area contributed by atoms with Crippen molar-refractivity contribution >= 4 is 77.0 Å². The average molecular weight is 949 g/mol. The van der Waals surface area contributed by atoms with Gasteiger partial charge in [0.1, 0.15) is 0 Å². The van der Waals surface area contributed by atoms with Crippen LogP contribution in [-0.4, -0.2) is 75.4 Å². The van der Waals surface area contributed by atoms with Gasteiger partial charge in [0, 0.05) is 32.1 Å². The molecule has 332 valence electrons. The highest BCUT2D eigenvalue weighted by molar-refractivity contribution is 9.10. The molecule has 0 aromatic carbocycles. The quantitative estimate of drug-likeness (QED) is 0.133. The Balaban J connectivity index is 0.000000156. The summed E-state index contributed by atoms with van der Waals surface area (Å²) in [5, 5.41) is 24.1. The van der Waals surface area contributed by atoms with Gasteiger partial charge < -0.3 is 39.3 Å². The second-order valence-corrected chi connectivity index (χ2v) is 21.7. The van der Waals surface area contributed by atoms with Crippen molar-refractivity contribution in [1.29, 1.82) is 0 Å². The Morgan fingerprint density at radius 1 is 0.661 bits per heavy atom. The lowest BCUT2D eigenvalue weighted by Gasteiger charge is -2.32. The van der Waals surface area contributed by atoms with Crippen LogP contribution in [0.15, 0.2) is 41.1 Å². The molecule has 0 saturated carbocycles. The van der Waals surface area contributed by atoms with Gasteiger partial charge in [0.2, 0.25) is 0 Å². The molecule has 6 heterocycles. The number of pyridine rings is 2. The zero-order valence-corrected chi connectivity index (χ0v) is 40.9. The Morgan fingerprint density at radius 3 is 1.42 bits per heavy atom. The van der Waals surface area contributed by atoms with Crippen molar-refractivity contribution in [3.8, 4) is 0 Å². The number of aromatic nitrogens is 2. The lowest BCUT2D eigenvalue weighted by Crippen LogP contribution is -2.41. The molecule has 2 saturated heterocycles. The molecule has 12 nitrogen and oxygen atoms in total. The number of aryl methyl sites for hydroxylation is 6. The van der Waals surface area contributed by atoms with Crippen molar-refractivity contribution in [3.63, 3.8) is 0 Å². The molecule has 0 radical (unpaired) electrons. The first-order valence-corrected chi connectivity index (χ1v) is 23.9. The average Bonchev–Trinajstić information content (AvgIpc) is 3.94. The highest BCUT2D eigenvalue weighted by Gasteiger charge is 2.63. The molecule has 2 fully saturated rings. The van der Waals surface area contributed by atoms with E-state index in [9.17, 15) is 9.59 Å². The van der Waals surface area contributed by atoms with Gasteiger partial charge in [0.25, 0.3) is 11.8 Å². The highest BCUT2D eigenvalue weighted by atomic mass is 79.9. The first-order valence-electron chi connectivity index (χ1n) is 21.5. The normalized spacial score (nSPS) is 19.0. The minimum Gasteiger partial charge on any atom is -0.423 e. The topological polar surface area (TPSA) is 161 Å². The Morgan fingerprint density at radius 2 is 1.05 bits per heavy atom. The van der Waals surface area contributed by atoms with Gasteiger partial charge in [-0.1, -0.05) is 6.07 Å². The number of carbonyl (C=O) groups excluding carboxylic acids is 2. The molecule has 4 N–H and O–H groups in total. The van der Waals surface area contributed by atoms with Crippen molar-refractivity contribution in [2.75, 3.05) is 0 Å². The fourth-order valence-electron chi connectivity index (χ4n) is 7.41. The minimum absolute atomic E-state index is 0.0125.